The number of nitrogens with one attached hydrogen (secondary N) is 1. The van der Waals surface area contributed by atoms with Gasteiger partial charge in [-0.15, -0.1) is 0 Å². The highest BCUT2D eigenvalue weighted by atomic mass is 35.5. The first kappa shape index (κ1) is 17.9. The summed E-state index contributed by atoms with van der Waals surface area (Å²) in [5.41, 5.74) is 4.60. The Labute approximate surface area is 176 Å². The van der Waals surface area contributed by atoms with Gasteiger partial charge in [-0.2, -0.15) is 0 Å². The Morgan fingerprint density at radius 1 is 1.03 bits per heavy atom. The van der Waals surface area contributed by atoms with Gasteiger partial charge in [-0.3, -0.25) is 9.20 Å². The van der Waals surface area contributed by atoms with E-state index in [4.69, 9.17) is 16.6 Å². The van der Waals surface area contributed by atoms with Crippen molar-refractivity contribution in [2.75, 3.05) is 0 Å². The molecule has 2 aromatic heterocycles. The second-order valence-electron chi connectivity index (χ2n) is 6.70. The normalized spacial score (nSPS) is 11.2. The quantitative estimate of drug-likeness (QED) is 0.401. The van der Waals surface area contributed by atoms with E-state index in [0.29, 0.717) is 17.1 Å². The van der Waals surface area contributed by atoms with Crippen molar-refractivity contribution in [3.05, 3.63) is 95.1 Å². The highest BCUT2D eigenvalue weighted by Crippen LogP contribution is 2.30. The molecular formula is C23H16ClN3OS. The molecule has 2 heterocycles. The SMILES string of the molecule is O=C(NCc1ccccc1Cl)c1ccc2c(c1)sc1nc(-c3ccccc3)cn12. The minimum atomic E-state index is -0.122. The van der Waals surface area contributed by atoms with Crippen molar-refractivity contribution in [1.82, 2.24) is 14.7 Å². The summed E-state index contributed by atoms with van der Waals surface area (Å²) in [6.45, 7) is 0.394. The number of carbonyl (C=O) groups excluding carboxylic acids is 1. The standard InChI is InChI=1S/C23H16ClN3OS/c24-18-9-5-4-8-17(18)13-25-22(28)16-10-11-20-21(12-16)29-23-26-19(14-27(20)23)15-6-2-1-3-7-15/h1-12,14H,13H2,(H,25,28). The predicted molar refractivity (Wildman–Crippen MR) is 119 cm³/mol. The molecule has 6 heteroatoms. The van der Waals surface area contributed by atoms with Gasteiger partial charge < -0.3 is 5.32 Å². The zero-order valence-electron chi connectivity index (χ0n) is 15.3. The van der Waals surface area contributed by atoms with E-state index in [9.17, 15) is 4.79 Å². The first-order valence-electron chi connectivity index (χ1n) is 9.18. The van der Waals surface area contributed by atoms with E-state index >= 15 is 0 Å². The number of hydrogen-bond donors (Lipinski definition) is 1. The third kappa shape index (κ3) is 3.39. The zero-order chi connectivity index (χ0) is 19.8. The number of carbonyl (C=O) groups is 1. The van der Waals surface area contributed by atoms with Crippen LogP contribution in [0.15, 0.2) is 79.0 Å². The molecule has 1 amide bonds. The van der Waals surface area contributed by atoms with Crippen LogP contribution in [0.3, 0.4) is 0 Å². The third-order valence-electron chi connectivity index (χ3n) is 4.82. The van der Waals surface area contributed by atoms with Crippen molar-refractivity contribution in [2.24, 2.45) is 0 Å². The van der Waals surface area contributed by atoms with Gasteiger partial charge >= 0.3 is 0 Å². The highest BCUT2D eigenvalue weighted by Gasteiger charge is 2.13. The van der Waals surface area contributed by atoms with Crippen molar-refractivity contribution >= 4 is 44.0 Å². The molecular weight excluding hydrogens is 402 g/mol. The monoisotopic (exact) mass is 417 g/mol. The van der Waals surface area contributed by atoms with Crippen molar-refractivity contribution in [1.29, 1.82) is 0 Å². The molecule has 0 aliphatic rings. The van der Waals surface area contributed by atoms with Gasteiger partial charge in [0.1, 0.15) is 0 Å². The smallest absolute Gasteiger partial charge is 0.251 e. The van der Waals surface area contributed by atoms with Crippen LogP contribution >= 0.6 is 22.9 Å². The highest BCUT2D eigenvalue weighted by molar-refractivity contribution is 7.23. The molecule has 0 aliphatic heterocycles. The molecule has 0 saturated carbocycles. The van der Waals surface area contributed by atoms with Gasteiger partial charge in [0.05, 0.1) is 15.9 Å². The molecule has 0 radical (unpaired) electrons. The molecule has 0 unspecified atom stereocenters. The van der Waals surface area contributed by atoms with Crippen molar-refractivity contribution in [3.8, 4) is 11.3 Å². The fourth-order valence-corrected chi connectivity index (χ4v) is 4.56. The summed E-state index contributed by atoms with van der Waals surface area (Å²) < 4.78 is 3.10. The molecule has 4 nitrogen and oxygen atoms in total. The Morgan fingerprint density at radius 3 is 2.66 bits per heavy atom. The van der Waals surface area contributed by atoms with Crippen LogP contribution in [-0.4, -0.2) is 15.3 Å². The molecule has 0 bridgehead atoms. The summed E-state index contributed by atoms with van der Waals surface area (Å²) in [6.07, 6.45) is 2.04. The molecule has 1 N–H and O–H groups in total. The average molecular weight is 418 g/mol. The minimum Gasteiger partial charge on any atom is -0.348 e. The number of benzene rings is 3. The van der Waals surface area contributed by atoms with E-state index in [-0.39, 0.29) is 5.91 Å². The Balaban J connectivity index is 1.41. The molecule has 0 spiro atoms. The Hall–Kier alpha value is -3.15. The first-order chi connectivity index (χ1) is 14.2. The van der Waals surface area contributed by atoms with E-state index in [2.05, 4.69) is 21.9 Å². The number of fused-ring (bicyclic) bond motifs is 3. The molecule has 5 aromatic rings. The summed E-state index contributed by atoms with van der Waals surface area (Å²) >= 11 is 7.74. The lowest BCUT2D eigenvalue weighted by molar-refractivity contribution is 0.0951. The Morgan fingerprint density at radius 2 is 1.83 bits per heavy atom. The maximum Gasteiger partial charge on any atom is 0.251 e. The van der Waals surface area contributed by atoms with Crippen LogP contribution in [0, 0.1) is 0 Å². The molecule has 0 fully saturated rings. The molecule has 3 aromatic carbocycles. The number of aromatic nitrogens is 2. The lowest BCUT2D eigenvalue weighted by Crippen LogP contribution is -2.22. The van der Waals surface area contributed by atoms with Crippen molar-refractivity contribution in [3.63, 3.8) is 0 Å². The van der Waals surface area contributed by atoms with E-state index in [1.165, 1.54) is 0 Å². The van der Waals surface area contributed by atoms with E-state index in [0.717, 1.165) is 32.0 Å². The lowest BCUT2D eigenvalue weighted by atomic mass is 10.1. The van der Waals surface area contributed by atoms with E-state index < -0.39 is 0 Å². The minimum absolute atomic E-state index is 0.122. The van der Waals surface area contributed by atoms with E-state index in [1.807, 2.05) is 66.9 Å². The maximum atomic E-state index is 12.6. The third-order valence-corrected chi connectivity index (χ3v) is 6.21. The number of hydrogen-bond acceptors (Lipinski definition) is 3. The fraction of sp³-hybridized carbons (Fsp3) is 0.0435. The maximum absolute atomic E-state index is 12.6. The molecule has 0 aliphatic carbocycles. The number of imidazole rings is 1. The van der Waals surface area contributed by atoms with Gasteiger partial charge in [-0.1, -0.05) is 71.5 Å². The average Bonchev–Trinajstić information content (AvgIpc) is 3.31. The van der Waals surface area contributed by atoms with Crippen LogP contribution in [0.1, 0.15) is 15.9 Å². The van der Waals surface area contributed by atoms with Crippen LogP contribution in [0.4, 0.5) is 0 Å². The van der Waals surface area contributed by atoms with Crippen molar-refractivity contribution in [2.45, 2.75) is 6.54 Å². The van der Waals surface area contributed by atoms with Crippen LogP contribution in [-0.2, 0) is 6.54 Å². The lowest BCUT2D eigenvalue weighted by Gasteiger charge is -2.07. The molecule has 0 atom stereocenters. The zero-order valence-corrected chi connectivity index (χ0v) is 16.9. The van der Waals surface area contributed by atoms with Crippen LogP contribution in [0.2, 0.25) is 5.02 Å². The molecule has 142 valence electrons. The predicted octanol–water partition coefficient (Wildman–Crippen LogP) is 5.80. The van der Waals surface area contributed by atoms with Crippen LogP contribution in [0.25, 0.3) is 26.4 Å². The van der Waals surface area contributed by atoms with Crippen molar-refractivity contribution < 1.29 is 4.79 Å². The summed E-state index contributed by atoms with van der Waals surface area (Å²) in [6, 6.07) is 23.4. The number of thiazole rings is 1. The number of rotatable bonds is 4. The van der Waals surface area contributed by atoms with Gasteiger partial charge in [0.2, 0.25) is 0 Å². The largest absolute Gasteiger partial charge is 0.348 e. The van der Waals surface area contributed by atoms with Gasteiger partial charge in [-0.25, -0.2) is 4.98 Å². The van der Waals surface area contributed by atoms with Gasteiger partial charge in [0.25, 0.3) is 5.91 Å². The van der Waals surface area contributed by atoms with Gasteiger partial charge in [0.15, 0.2) is 4.96 Å². The van der Waals surface area contributed by atoms with E-state index in [1.54, 1.807) is 11.3 Å². The number of amides is 1. The van der Waals surface area contributed by atoms with Gasteiger partial charge in [0, 0.05) is 28.9 Å². The molecule has 29 heavy (non-hydrogen) atoms. The van der Waals surface area contributed by atoms with Crippen LogP contribution in [0.5, 0.6) is 0 Å². The Bertz CT molecular complexity index is 1340. The first-order valence-corrected chi connectivity index (χ1v) is 10.4. The number of nitrogens with zero attached hydrogens (tertiary/aromatic N) is 2. The number of halogens is 1. The Kier molecular flexibility index (Phi) is 4.54. The summed E-state index contributed by atoms with van der Waals surface area (Å²) in [5, 5.41) is 3.59. The van der Waals surface area contributed by atoms with Crippen LogP contribution < -0.4 is 5.32 Å². The second kappa shape index (κ2) is 7.35. The summed E-state index contributed by atoms with van der Waals surface area (Å²) in [5.74, 6) is -0.122. The molecule has 5 rings (SSSR count). The summed E-state index contributed by atoms with van der Waals surface area (Å²) in [4.78, 5) is 18.2. The molecule has 0 saturated heterocycles. The fourth-order valence-electron chi connectivity index (χ4n) is 3.31. The topological polar surface area (TPSA) is 46.4 Å². The van der Waals surface area contributed by atoms with Gasteiger partial charge in [-0.05, 0) is 29.8 Å². The summed E-state index contributed by atoms with van der Waals surface area (Å²) in [7, 11) is 0. The second-order valence-corrected chi connectivity index (χ2v) is 8.12.